The Labute approximate surface area is 152 Å². The van der Waals surface area contributed by atoms with Crippen molar-refractivity contribution in [1.82, 2.24) is 0 Å². The van der Waals surface area contributed by atoms with Gasteiger partial charge in [0.25, 0.3) is 0 Å². The minimum absolute atomic E-state index is 0.0471. The highest BCUT2D eigenvalue weighted by Gasteiger charge is 2.12. The molecule has 0 amide bonds. The van der Waals surface area contributed by atoms with E-state index in [9.17, 15) is 4.79 Å². The van der Waals surface area contributed by atoms with E-state index in [1.54, 1.807) is 12.1 Å². The van der Waals surface area contributed by atoms with E-state index in [2.05, 4.69) is 4.74 Å². The Hall–Kier alpha value is -2.77. The van der Waals surface area contributed by atoms with Gasteiger partial charge in [-0.3, -0.25) is 0 Å². The van der Waals surface area contributed by atoms with E-state index >= 15 is 0 Å². The van der Waals surface area contributed by atoms with E-state index in [0.29, 0.717) is 17.4 Å². The summed E-state index contributed by atoms with van der Waals surface area (Å²) in [5, 5.41) is 9.69. The highest BCUT2D eigenvalue weighted by Crippen LogP contribution is 2.26. The quantitative estimate of drug-likeness (QED) is 0.446. The van der Waals surface area contributed by atoms with Crippen LogP contribution in [0.4, 0.5) is 0 Å². The first-order chi connectivity index (χ1) is 12.0. The summed E-state index contributed by atoms with van der Waals surface area (Å²) in [6.45, 7) is 4.20. The fourth-order valence-electron chi connectivity index (χ4n) is 2.38. The summed E-state index contributed by atoms with van der Waals surface area (Å²) < 4.78 is 10.4. The van der Waals surface area contributed by atoms with Gasteiger partial charge >= 0.3 is 5.97 Å². The van der Waals surface area contributed by atoms with E-state index < -0.39 is 5.97 Å². The number of rotatable bonds is 5. The monoisotopic (exact) mass is 355 g/mol. The van der Waals surface area contributed by atoms with Gasteiger partial charge in [0.1, 0.15) is 24.0 Å². The molecule has 0 fully saturated rings. The lowest BCUT2D eigenvalue weighted by molar-refractivity contribution is -0.135. The molecule has 0 aliphatic heterocycles. The van der Waals surface area contributed by atoms with Gasteiger partial charge in [0.05, 0.1) is 12.1 Å². The summed E-state index contributed by atoms with van der Waals surface area (Å²) >= 11 is 6.11. The Morgan fingerprint density at radius 2 is 2.00 bits per heavy atom. The van der Waals surface area contributed by atoms with Crippen LogP contribution >= 0.6 is 11.6 Å². The van der Waals surface area contributed by atoms with Gasteiger partial charge in [0, 0.05) is 0 Å². The number of carbonyl (C=O) groups excluding carboxylic acids is 1. The lowest BCUT2D eigenvalue weighted by atomic mass is 9.98. The number of hydrogen-bond acceptors (Lipinski definition) is 4. The van der Waals surface area contributed by atoms with Crippen LogP contribution in [0.1, 0.15) is 22.3 Å². The van der Waals surface area contributed by atoms with Gasteiger partial charge in [-0.15, -0.1) is 0 Å². The van der Waals surface area contributed by atoms with Crippen molar-refractivity contribution in [3.63, 3.8) is 0 Å². The molecule has 2 aromatic carbocycles. The van der Waals surface area contributed by atoms with Crippen LogP contribution in [0.25, 0.3) is 6.08 Å². The number of hydrogen-bond donors (Lipinski definition) is 0. The van der Waals surface area contributed by atoms with Crippen LogP contribution in [0.15, 0.2) is 42.0 Å². The molecule has 4 nitrogen and oxygen atoms in total. The van der Waals surface area contributed by atoms with Crippen LogP contribution < -0.4 is 4.74 Å². The number of nitriles is 1. The maximum atomic E-state index is 11.6. The maximum absolute atomic E-state index is 11.6. The molecule has 2 rings (SSSR count). The Bertz CT molecular complexity index is 866. The number of esters is 1. The number of methoxy groups -OCH3 is 1. The average Bonchev–Trinajstić information content (AvgIpc) is 2.61. The predicted octanol–water partition coefficient (Wildman–Crippen LogP) is 4.62. The fraction of sp³-hybridized carbons (Fsp3) is 0.200. The Morgan fingerprint density at radius 3 is 2.64 bits per heavy atom. The summed E-state index contributed by atoms with van der Waals surface area (Å²) in [6.07, 6.45) is 1.53. The molecule has 0 saturated carbocycles. The van der Waals surface area contributed by atoms with Gasteiger partial charge < -0.3 is 9.47 Å². The van der Waals surface area contributed by atoms with Crippen molar-refractivity contribution < 1.29 is 14.3 Å². The summed E-state index contributed by atoms with van der Waals surface area (Å²) in [7, 11) is 1.25. The van der Waals surface area contributed by atoms with Crippen LogP contribution in [0.2, 0.25) is 5.02 Å². The number of carbonyl (C=O) groups is 1. The largest absolute Gasteiger partial charge is 0.487 e. The zero-order valence-corrected chi connectivity index (χ0v) is 15.1. The standard InChI is InChI=1S/C20H18ClNO3/c1-13-8-15(10-16(11-22)20(23)24-3)14(2)17(9-13)12-25-19-7-5-4-6-18(19)21/h4-10H,12H2,1-3H3. The second-order valence-electron chi connectivity index (χ2n) is 5.52. The van der Waals surface area contributed by atoms with Crippen LogP contribution in [0.5, 0.6) is 5.75 Å². The van der Waals surface area contributed by atoms with Crippen molar-refractivity contribution in [2.75, 3.05) is 7.11 Å². The first-order valence-electron chi connectivity index (χ1n) is 7.63. The second kappa shape index (κ2) is 8.36. The molecule has 0 aliphatic rings. The smallest absolute Gasteiger partial charge is 0.348 e. The van der Waals surface area contributed by atoms with E-state index in [-0.39, 0.29) is 5.57 Å². The van der Waals surface area contributed by atoms with Gasteiger partial charge in [-0.1, -0.05) is 41.4 Å². The Balaban J connectivity index is 2.34. The molecular formula is C20H18ClNO3. The van der Waals surface area contributed by atoms with Gasteiger partial charge in [-0.05, 0) is 48.7 Å². The highest BCUT2D eigenvalue weighted by atomic mass is 35.5. The molecule has 0 heterocycles. The van der Waals surface area contributed by atoms with E-state index in [1.807, 2.05) is 44.2 Å². The van der Waals surface area contributed by atoms with Gasteiger partial charge in [-0.2, -0.15) is 5.26 Å². The Kier molecular flexibility index (Phi) is 6.21. The third-order valence-corrected chi connectivity index (χ3v) is 4.06. The highest BCUT2D eigenvalue weighted by molar-refractivity contribution is 6.32. The molecule has 0 saturated heterocycles. The van der Waals surface area contributed by atoms with Crippen LogP contribution in [0, 0.1) is 25.2 Å². The van der Waals surface area contributed by atoms with Crippen molar-refractivity contribution in [3.05, 3.63) is 69.2 Å². The number of aryl methyl sites for hydroxylation is 1. The molecule has 0 N–H and O–H groups in total. The molecule has 0 aliphatic carbocycles. The van der Waals surface area contributed by atoms with Gasteiger partial charge in [0.15, 0.2) is 0 Å². The summed E-state index contributed by atoms with van der Waals surface area (Å²) in [6, 6.07) is 13.1. The number of benzene rings is 2. The predicted molar refractivity (Wildman–Crippen MR) is 97.3 cm³/mol. The van der Waals surface area contributed by atoms with Crippen molar-refractivity contribution in [2.45, 2.75) is 20.5 Å². The van der Waals surface area contributed by atoms with Gasteiger partial charge in [0.2, 0.25) is 0 Å². The maximum Gasteiger partial charge on any atom is 0.348 e. The number of ether oxygens (including phenoxy) is 2. The van der Waals surface area contributed by atoms with Crippen LogP contribution in [0.3, 0.4) is 0 Å². The first kappa shape index (κ1) is 18.6. The van der Waals surface area contributed by atoms with E-state index in [4.69, 9.17) is 21.6 Å². The number of para-hydroxylation sites is 1. The minimum Gasteiger partial charge on any atom is -0.487 e. The molecule has 5 heteroatoms. The van der Waals surface area contributed by atoms with Crippen LogP contribution in [-0.2, 0) is 16.1 Å². The molecule has 25 heavy (non-hydrogen) atoms. The molecule has 128 valence electrons. The molecule has 0 bridgehead atoms. The van der Waals surface area contributed by atoms with E-state index in [1.165, 1.54) is 13.2 Å². The number of halogens is 1. The average molecular weight is 356 g/mol. The second-order valence-corrected chi connectivity index (χ2v) is 5.93. The van der Waals surface area contributed by atoms with Crippen LogP contribution in [-0.4, -0.2) is 13.1 Å². The summed E-state index contributed by atoms with van der Waals surface area (Å²) in [5.74, 6) is -0.0493. The minimum atomic E-state index is -0.655. The zero-order chi connectivity index (χ0) is 18.4. The topological polar surface area (TPSA) is 59.3 Å². The fourth-order valence-corrected chi connectivity index (χ4v) is 2.57. The molecule has 0 aromatic heterocycles. The van der Waals surface area contributed by atoms with Crippen molar-refractivity contribution >= 4 is 23.6 Å². The van der Waals surface area contributed by atoms with Crippen molar-refractivity contribution in [3.8, 4) is 11.8 Å². The third kappa shape index (κ3) is 4.62. The van der Waals surface area contributed by atoms with Crippen molar-refractivity contribution in [1.29, 1.82) is 5.26 Å². The van der Waals surface area contributed by atoms with Gasteiger partial charge in [-0.25, -0.2) is 4.79 Å². The summed E-state index contributed by atoms with van der Waals surface area (Å²) in [4.78, 5) is 11.6. The van der Waals surface area contributed by atoms with Crippen molar-refractivity contribution in [2.24, 2.45) is 0 Å². The lowest BCUT2D eigenvalue weighted by Gasteiger charge is -2.13. The third-order valence-electron chi connectivity index (χ3n) is 3.75. The molecule has 0 unspecified atom stereocenters. The van der Waals surface area contributed by atoms with E-state index in [0.717, 1.165) is 22.3 Å². The first-order valence-corrected chi connectivity index (χ1v) is 8.01. The number of nitrogens with zero attached hydrogens (tertiary/aromatic N) is 1. The Morgan fingerprint density at radius 1 is 1.28 bits per heavy atom. The normalized spacial score (nSPS) is 10.9. The summed E-state index contributed by atoms with van der Waals surface area (Å²) in [5.41, 5.74) is 3.60. The molecule has 0 atom stereocenters. The lowest BCUT2D eigenvalue weighted by Crippen LogP contribution is -2.04. The zero-order valence-electron chi connectivity index (χ0n) is 14.3. The molecule has 0 radical (unpaired) electrons. The molecular weight excluding hydrogens is 338 g/mol. The molecule has 2 aromatic rings. The molecule has 0 spiro atoms. The SMILES string of the molecule is COC(=O)C(C#N)=Cc1cc(C)cc(COc2ccccc2Cl)c1C.